The average Bonchev–Trinajstić information content (AvgIpc) is 2.94. The molecule has 2 atom stereocenters. The molecule has 0 unspecified atom stereocenters. The number of fused-ring (bicyclic) bond motifs is 2. The van der Waals surface area contributed by atoms with Crippen LogP contribution in [0.1, 0.15) is 45.2 Å². The first-order valence-electron chi connectivity index (χ1n) is 8.54. The fourth-order valence-corrected chi connectivity index (χ4v) is 4.53. The number of nitrogens with zero attached hydrogens (tertiary/aromatic N) is 2. The lowest BCUT2D eigenvalue weighted by molar-refractivity contribution is 0.148. The molecule has 1 aliphatic heterocycles. The van der Waals surface area contributed by atoms with E-state index in [1.54, 1.807) is 5.57 Å². The van der Waals surface area contributed by atoms with Gasteiger partial charge in [0.1, 0.15) is 0 Å². The summed E-state index contributed by atoms with van der Waals surface area (Å²) in [5, 5.41) is 0. The van der Waals surface area contributed by atoms with Gasteiger partial charge < -0.3 is 4.57 Å². The third kappa shape index (κ3) is 1.97. The summed E-state index contributed by atoms with van der Waals surface area (Å²) in [5.41, 5.74) is 5.63. The quantitative estimate of drug-likeness (QED) is 0.747. The molecule has 2 aromatic rings. The van der Waals surface area contributed by atoms with Crippen LogP contribution in [0.25, 0.3) is 17.3 Å². The number of imidazole rings is 1. The van der Waals surface area contributed by atoms with E-state index in [9.17, 15) is 0 Å². The van der Waals surface area contributed by atoms with E-state index in [0.717, 1.165) is 18.2 Å². The molecule has 0 saturated heterocycles. The molecule has 1 saturated carbocycles. The van der Waals surface area contributed by atoms with Crippen molar-refractivity contribution in [1.82, 2.24) is 9.55 Å². The Morgan fingerprint density at radius 2 is 2.09 bits per heavy atom. The maximum absolute atomic E-state index is 4.73. The van der Waals surface area contributed by atoms with Crippen LogP contribution in [0.2, 0.25) is 0 Å². The minimum atomic E-state index is 0.328. The Bertz CT molecular complexity index is 711. The molecule has 114 valence electrons. The average molecular weight is 292 g/mol. The lowest BCUT2D eigenvalue weighted by atomic mass is 9.62. The van der Waals surface area contributed by atoms with Gasteiger partial charge in [-0.05, 0) is 31.3 Å². The van der Waals surface area contributed by atoms with Gasteiger partial charge in [-0.15, -0.1) is 0 Å². The molecule has 1 aliphatic carbocycles. The van der Waals surface area contributed by atoms with Gasteiger partial charge in [-0.25, -0.2) is 4.98 Å². The molecule has 4 rings (SSSR count). The standard InChI is InChI=1S/C20H24N2/c1-3-16-10-7-11-17-12-18-19(15-8-5-4-6-9-15)21-14-22(18)13-20(16,17)2/h4-6,8-9,12,14,16H,3,7,10-11,13H2,1-2H3/t16-,20+/m0/s1. The van der Waals surface area contributed by atoms with E-state index in [2.05, 4.69) is 54.8 Å². The molecule has 1 aromatic heterocycles. The molecule has 0 spiro atoms. The van der Waals surface area contributed by atoms with Gasteiger partial charge in [0.25, 0.3) is 0 Å². The van der Waals surface area contributed by atoms with Gasteiger partial charge >= 0.3 is 0 Å². The summed E-state index contributed by atoms with van der Waals surface area (Å²) in [7, 11) is 0. The normalized spacial score (nSPS) is 27.0. The zero-order valence-electron chi connectivity index (χ0n) is 13.5. The third-order valence-corrected chi connectivity index (χ3v) is 5.86. The summed E-state index contributed by atoms with van der Waals surface area (Å²) < 4.78 is 2.37. The number of benzene rings is 1. The van der Waals surface area contributed by atoms with E-state index in [0.29, 0.717) is 5.41 Å². The second-order valence-corrected chi connectivity index (χ2v) is 7.06. The van der Waals surface area contributed by atoms with Crippen molar-refractivity contribution in [2.75, 3.05) is 0 Å². The van der Waals surface area contributed by atoms with Crippen LogP contribution in [-0.4, -0.2) is 9.55 Å². The third-order valence-electron chi connectivity index (χ3n) is 5.86. The zero-order valence-corrected chi connectivity index (χ0v) is 13.5. The highest BCUT2D eigenvalue weighted by Gasteiger charge is 2.42. The summed E-state index contributed by atoms with van der Waals surface area (Å²) in [5.74, 6) is 0.809. The molecule has 2 nitrogen and oxygen atoms in total. The van der Waals surface area contributed by atoms with E-state index in [4.69, 9.17) is 4.98 Å². The Hall–Kier alpha value is -1.83. The van der Waals surface area contributed by atoms with Crippen LogP contribution in [0.5, 0.6) is 0 Å². The van der Waals surface area contributed by atoms with Crippen molar-refractivity contribution >= 4 is 6.08 Å². The fourth-order valence-electron chi connectivity index (χ4n) is 4.53. The molecule has 1 fully saturated rings. The monoisotopic (exact) mass is 292 g/mol. The second kappa shape index (κ2) is 5.12. The van der Waals surface area contributed by atoms with Crippen LogP contribution in [0.3, 0.4) is 0 Å². The Balaban J connectivity index is 1.81. The van der Waals surface area contributed by atoms with Crippen molar-refractivity contribution in [3.63, 3.8) is 0 Å². The molecule has 1 aromatic carbocycles. The Kier molecular flexibility index (Phi) is 3.21. The molecule has 0 bridgehead atoms. The van der Waals surface area contributed by atoms with Crippen LogP contribution in [-0.2, 0) is 6.54 Å². The van der Waals surface area contributed by atoms with Crippen molar-refractivity contribution in [2.45, 2.75) is 46.1 Å². The van der Waals surface area contributed by atoms with Crippen molar-refractivity contribution in [1.29, 1.82) is 0 Å². The fraction of sp³-hybridized carbons (Fsp3) is 0.450. The van der Waals surface area contributed by atoms with Crippen LogP contribution in [0, 0.1) is 11.3 Å². The zero-order chi connectivity index (χ0) is 15.2. The summed E-state index contributed by atoms with van der Waals surface area (Å²) in [6, 6.07) is 10.6. The Labute approximate surface area is 132 Å². The summed E-state index contributed by atoms with van der Waals surface area (Å²) >= 11 is 0. The smallest absolute Gasteiger partial charge is 0.0958 e. The lowest BCUT2D eigenvalue weighted by Gasteiger charge is -2.46. The van der Waals surface area contributed by atoms with Crippen molar-refractivity contribution in [2.24, 2.45) is 11.3 Å². The molecule has 2 aliphatic rings. The number of aromatic nitrogens is 2. The molecule has 2 heteroatoms. The van der Waals surface area contributed by atoms with Gasteiger partial charge in [0.2, 0.25) is 0 Å². The molecular weight excluding hydrogens is 268 g/mol. The number of hydrogen-bond donors (Lipinski definition) is 0. The molecular formula is C20H24N2. The lowest BCUT2D eigenvalue weighted by Crippen LogP contribution is -2.39. The maximum atomic E-state index is 4.73. The topological polar surface area (TPSA) is 17.8 Å². The number of allylic oxidation sites excluding steroid dienone is 1. The first kappa shape index (κ1) is 13.8. The van der Waals surface area contributed by atoms with Crippen LogP contribution >= 0.6 is 0 Å². The first-order valence-corrected chi connectivity index (χ1v) is 8.54. The van der Waals surface area contributed by atoms with Crippen LogP contribution < -0.4 is 0 Å². The highest BCUT2D eigenvalue weighted by molar-refractivity contribution is 5.72. The first-order chi connectivity index (χ1) is 10.7. The summed E-state index contributed by atoms with van der Waals surface area (Å²) in [6.45, 7) is 5.90. The van der Waals surface area contributed by atoms with Crippen molar-refractivity contribution < 1.29 is 0 Å². The largest absolute Gasteiger partial charge is 0.330 e. The molecule has 2 heterocycles. The predicted molar refractivity (Wildman–Crippen MR) is 91.4 cm³/mol. The Morgan fingerprint density at radius 3 is 2.86 bits per heavy atom. The summed E-state index contributed by atoms with van der Waals surface area (Å²) in [6.07, 6.45) is 9.74. The number of rotatable bonds is 2. The highest BCUT2D eigenvalue weighted by atomic mass is 15.1. The predicted octanol–water partition coefficient (Wildman–Crippen LogP) is 5.16. The van der Waals surface area contributed by atoms with Crippen LogP contribution in [0.15, 0.2) is 42.2 Å². The van der Waals surface area contributed by atoms with Gasteiger partial charge in [-0.3, -0.25) is 0 Å². The van der Waals surface area contributed by atoms with E-state index in [-0.39, 0.29) is 0 Å². The second-order valence-electron chi connectivity index (χ2n) is 7.06. The van der Waals surface area contributed by atoms with Gasteiger partial charge in [0, 0.05) is 17.5 Å². The van der Waals surface area contributed by atoms with Gasteiger partial charge in [-0.2, -0.15) is 0 Å². The van der Waals surface area contributed by atoms with Crippen LogP contribution in [0.4, 0.5) is 0 Å². The maximum Gasteiger partial charge on any atom is 0.0958 e. The van der Waals surface area contributed by atoms with Crippen molar-refractivity contribution in [3.8, 4) is 11.3 Å². The Morgan fingerprint density at radius 1 is 1.27 bits per heavy atom. The van der Waals surface area contributed by atoms with E-state index in [1.807, 2.05) is 6.33 Å². The minimum Gasteiger partial charge on any atom is -0.330 e. The highest BCUT2D eigenvalue weighted by Crippen LogP contribution is 2.51. The molecule has 22 heavy (non-hydrogen) atoms. The van der Waals surface area contributed by atoms with E-state index in [1.165, 1.54) is 36.9 Å². The van der Waals surface area contributed by atoms with E-state index < -0.39 is 0 Å². The number of hydrogen-bond acceptors (Lipinski definition) is 1. The van der Waals surface area contributed by atoms with Crippen molar-refractivity contribution in [3.05, 3.63) is 47.9 Å². The molecule has 0 radical (unpaired) electrons. The molecule has 0 N–H and O–H groups in total. The minimum absolute atomic E-state index is 0.328. The molecule has 0 amide bonds. The van der Waals surface area contributed by atoms with Gasteiger partial charge in [0.05, 0.1) is 17.7 Å². The van der Waals surface area contributed by atoms with Gasteiger partial charge in [-0.1, -0.05) is 56.2 Å². The SMILES string of the molecule is CC[C@H]1CCCC2=Cc3c(-c4ccccc4)ncn3C[C@@]21C. The van der Waals surface area contributed by atoms with E-state index >= 15 is 0 Å². The van der Waals surface area contributed by atoms with Gasteiger partial charge in [0.15, 0.2) is 0 Å². The summed E-state index contributed by atoms with van der Waals surface area (Å²) in [4.78, 5) is 4.73.